The van der Waals surface area contributed by atoms with Crippen molar-refractivity contribution in [2.45, 2.75) is 52.1 Å². The number of fused-ring (bicyclic) bond motifs is 1. The SMILES string of the molecule is CCN(CC)c1ncc2c(n1)CCC(C(=O)NCC1CCCO1)C2. The zero-order chi connectivity index (χ0) is 16.9. The van der Waals surface area contributed by atoms with Gasteiger partial charge in [-0.1, -0.05) is 0 Å². The van der Waals surface area contributed by atoms with Gasteiger partial charge in [0.2, 0.25) is 11.9 Å². The van der Waals surface area contributed by atoms with Gasteiger partial charge >= 0.3 is 0 Å². The van der Waals surface area contributed by atoms with Crippen LogP contribution in [0, 0.1) is 5.92 Å². The number of carbonyl (C=O) groups is 1. The third-order valence-electron chi connectivity index (χ3n) is 5.08. The van der Waals surface area contributed by atoms with Gasteiger partial charge in [0.1, 0.15) is 0 Å². The number of nitrogens with zero attached hydrogens (tertiary/aromatic N) is 3. The predicted molar refractivity (Wildman–Crippen MR) is 93.1 cm³/mol. The minimum Gasteiger partial charge on any atom is -0.376 e. The first-order valence-corrected chi connectivity index (χ1v) is 9.20. The molecule has 1 amide bonds. The van der Waals surface area contributed by atoms with Crippen molar-refractivity contribution >= 4 is 11.9 Å². The lowest BCUT2D eigenvalue weighted by Crippen LogP contribution is -2.38. The standard InChI is InChI=1S/C18H28N4O2/c1-3-22(4-2)18-20-11-14-10-13(7-8-16(14)21-18)17(23)19-12-15-6-5-9-24-15/h11,13,15H,3-10,12H2,1-2H3,(H,19,23). The number of hydrogen-bond acceptors (Lipinski definition) is 5. The van der Waals surface area contributed by atoms with Crippen LogP contribution < -0.4 is 10.2 Å². The number of ether oxygens (including phenoxy) is 1. The number of amides is 1. The van der Waals surface area contributed by atoms with Gasteiger partial charge in [0.25, 0.3) is 0 Å². The summed E-state index contributed by atoms with van der Waals surface area (Å²) in [6.07, 6.45) is 6.72. The van der Waals surface area contributed by atoms with Gasteiger partial charge in [0, 0.05) is 44.0 Å². The maximum Gasteiger partial charge on any atom is 0.225 e. The van der Waals surface area contributed by atoms with E-state index < -0.39 is 0 Å². The van der Waals surface area contributed by atoms with Crippen molar-refractivity contribution in [3.63, 3.8) is 0 Å². The highest BCUT2D eigenvalue weighted by Crippen LogP contribution is 2.25. The summed E-state index contributed by atoms with van der Waals surface area (Å²) in [5.41, 5.74) is 2.23. The largest absolute Gasteiger partial charge is 0.376 e. The number of carbonyl (C=O) groups excluding carboxylic acids is 1. The van der Waals surface area contributed by atoms with Crippen molar-refractivity contribution in [2.75, 3.05) is 31.1 Å². The van der Waals surface area contributed by atoms with Gasteiger partial charge in [0.15, 0.2) is 0 Å². The number of aryl methyl sites for hydroxylation is 1. The lowest BCUT2D eigenvalue weighted by Gasteiger charge is -2.25. The van der Waals surface area contributed by atoms with E-state index in [0.29, 0.717) is 6.54 Å². The number of hydrogen-bond donors (Lipinski definition) is 1. The molecule has 0 aromatic carbocycles. The zero-order valence-corrected chi connectivity index (χ0v) is 14.8. The summed E-state index contributed by atoms with van der Waals surface area (Å²) < 4.78 is 5.56. The monoisotopic (exact) mass is 332 g/mol. The van der Waals surface area contributed by atoms with Gasteiger partial charge in [-0.15, -0.1) is 0 Å². The summed E-state index contributed by atoms with van der Waals surface area (Å²) in [5.74, 6) is 0.978. The van der Waals surface area contributed by atoms with Crippen molar-refractivity contribution in [3.05, 3.63) is 17.5 Å². The molecule has 24 heavy (non-hydrogen) atoms. The van der Waals surface area contributed by atoms with Crippen LogP contribution in [0.4, 0.5) is 5.95 Å². The van der Waals surface area contributed by atoms with Crippen LogP contribution in [0.1, 0.15) is 44.4 Å². The molecule has 6 heteroatoms. The summed E-state index contributed by atoms with van der Waals surface area (Å²) in [6, 6.07) is 0. The van der Waals surface area contributed by atoms with Crippen LogP contribution >= 0.6 is 0 Å². The number of anilines is 1. The lowest BCUT2D eigenvalue weighted by atomic mass is 9.86. The first-order chi connectivity index (χ1) is 11.7. The average molecular weight is 332 g/mol. The first-order valence-electron chi connectivity index (χ1n) is 9.20. The van der Waals surface area contributed by atoms with E-state index in [-0.39, 0.29) is 17.9 Å². The Morgan fingerprint density at radius 1 is 1.38 bits per heavy atom. The van der Waals surface area contributed by atoms with Crippen LogP contribution in [0.3, 0.4) is 0 Å². The van der Waals surface area contributed by atoms with Gasteiger partial charge in [-0.25, -0.2) is 9.97 Å². The molecule has 132 valence electrons. The average Bonchev–Trinajstić information content (AvgIpc) is 3.14. The maximum absolute atomic E-state index is 12.4. The second kappa shape index (κ2) is 7.92. The molecule has 6 nitrogen and oxygen atoms in total. The van der Waals surface area contributed by atoms with E-state index >= 15 is 0 Å². The van der Waals surface area contributed by atoms with Gasteiger partial charge in [-0.2, -0.15) is 0 Å². The molecule has 0 spiro atoms. The Morgan fingerprint density at radius 2 is 2.21 bits per heavy atom. The third kappa shape index (κ3) is 3.86. The van der Waals surface area contributed by atoms with E-state index in [1.807, 2.05) is 6.20 Å². The molecule has 0 saturated carbocycles. The van der Waals surface area contributed by atoms with Crippen molar-refractivity contribution in [1.29, 1.82) is 0 Å². The molecular weight excluding hydrogens is 304 g/mol. The van der Waals surface area contributed by atoms with Crippen LogP contribution in [0.2, 0.25) is 0 Å². The van der Waals surface area contributed by atoms with Crippen LogP contribution in [0.25, 0.3) is 0 Å². The molecule has 1 N–H and O–H groups in total. The molecule has 2 aliphatic rings. The highest BCUT2D eigenvalue weighted by atomic mass is 16.5. The minimum absolute atomic E-state index is 0.0295. The Hall–Kier alpha value is -1.69. The summed E-state index contributed by atoms with van der Waals surface area (Å²) in [6.45, 7) is 7.50. The Morgan fingerprint density at radius 3 is 2.92 bits per heavy atom. The Kier molecular flexibility index (Phi) is 5.66. The topological polar surface area (TPSA) is 67.4 Å². The molecule has 2 atom stereocenters. The molecular formula is C18H28N4O2. The van der Waals surface area contributed by atoms with E-state index in [0.717, 1.165) is 69.0 Å². The second-order valence-electron chi connectivity index (χ2n) is 6.63. The van der Waals surface area contributed by atoms with Crippen LogP contribution in [-0.4, -0.2) is 48.2 Å². The molecule has 1 saturated heterocycles. The van der Waals surface area contributed by atoms with Crippen LogP contribution in [0.5, 0.6) is 0 Å². The molecule has 2 heterocycles. The molecule has 3 rings (SSSR count). The molecule has 1 aromatic rings. The normalized spacial score (nSPS) is 22.9. The van der Waals surface area contributed by atoms with E-state index in [1.54, 1.807) is 0 Å². The van der Waals surface area contributed by atoms with Crippen molar-refractivity contribution in [2.24, 2.45) is 5.92 Å². The van der Waals surface area contributed by atoms with E-state index in [2.05, 4.69) is 29.0 Å². The van der Waals surface area contributed by atoms with E-state index in [4.69, 9.17) is 9.72 Å². The number of rotatable bonds is 6. The first kappa shape index (κ1) is 17.1. The molecule has 1 aromatic heterocycles. The van der Waals surface area contributed by atoms with E-state index in [1.165, 1.54) is 0 Å². The number of nitrogens with one attached hydrogen (secondary N) is 1. The maximum atomic E-state index is 12.4. The fraction of sp³-hybridized carbons (Fsp3) is 0.722. The van der Waals surface area contributed by atoms with E-state index in [9.17, 15) is 4.79 Å². The molecule has 1 aliphatic heterocycles. The second-order valence-corrected chi connectivity index (χ2v) is 6.63. The molecule has 0 radical (unpaired) electrons. The Bertz CT molecular complexity index is 568. The van der Waals surface area contributed by atoms with Gasteiger partial charge < -0.3 is 15.0 Å². The Labute approximate surface area is 144 Å². The van der Waals surface area contributed by atoms with Gasteiger partial charge in [-0.05, 0) is 51.5 Å². The van der Waals surface area contributed by atoms with Crippen LogP contribution in [-0.2, 0) is 22.4 Å². The van der Waals surface area contributed by atoms with Crippen molar-refractivity contribution in [1.82, 2.24) is 15.3 Å². The Balaban J connectivity index is 1.58. The summed E-state index contributed by atoms with van der Waals surface area (Å²) in [5, 5.41) is 3.06. The fourth-order valence-corrected chi connectivity index (χ4v) is 3.54. The molecule has 1 aliphatic carbocycles. The minimum atomic E-state index is 0.0295. The third-order valence-corrected chi connectivity index (χ3v) is 5.08. The highest BCUT2D eigenvalue weighted by molar-refractivity contribution is 5.79. The highest BCUT2D eigenvalue weighted by Gasteiger charge is 2.27. The summed E-state index contributed by atoms with van der Waals surface area (Å²) in [4.78, 5) is 23.8. The van der Waals surface area contributed by atoms with Gasteiger partial charge in [-0.3, -0.25) is 4.79 Å². The van der Waals surface area contributed by atoms with Crippen LogP contribution in [0.15, 0.2) is 6.20 Å². The van der Waals surface area contributed by atoms with Crippen molar-refractivity contribution < 1.29 is 9.53 Å². The number of aromatic nitrogens is 2. The fourth-order valence-electron chi connectivity index (χ4n) is 3.54. The van der Waals surface area contributed by atoms with Crippen molar-refractivity contribution in [3.8, 4) is 0 Å². The summed E-state index contributed by atoms with van der Waals surface area (Å²) in [7, 11) is 0. The lowest BCUT2D eigenvalue weighted by molar-refractivity contribution is -0.125. The molecule has 1 fully saturated rings. The summed E-state index contributed by atoms with van der Waals surface area (Å²) >= 11 is 0. The molecule has 0 bridgehead atoms. The smallest absolute Gasteiger partial charge is 0.225 e. The quantitative estimate of drug-likeness (QED) is 0.859. The molecule has 2 unspecified atom stereocenters. The predicted octanol–water partition coefficient (Wildman–Crippen LogP) is 1.72. The zero-order valence-electron chi connectivity index (χ0n) is 14.8. The van der Waals surface area contributed by atoms with Gasteiger partial charge in [0.05, 0.1) is 6.10 Å².